The molecule has 0 aromatic heterocycles. The first-order chi connectivity index (χ1) is 12.8. The second-order valence-electron chi connectivity index (χ2n) is 5.57. The van der Waals surface area contributed by atoms with E-state index in [0.717, 1.165) is 0 Å². The van der Waals surface area contributed by atoms with E-state index in [1.54, 1.807) is 36.4 Å². The van der Waals surface area contributed by atoms with Gasteiger partial charge in [0.05, 0.1) is 21.2 Å². The number of sulfonamides is 2. The lowest BCUT2D eigenvalue weighted by Gasteiger charge is -2.13. The van der Waals surface area contributed by atoms with Gasteiger partial charge in [0.15, 0.2) is 0 Å². The summed E-state index contributed by atoms with van der Waals surface area (Å²) in [6.07, 6.45) is 0. The zero-order chi connectivity index (χ0) is 19.5. The van der Waals surface area contributed by atoms with Crippen LogP contribution in [0.1, 0.15) is 0 Å². The van der Waals surface area contributed by atoms with Gasteiger partial charge in [-0.1, -0.05) is 36.4 Å². The van der Waals surface area contributed by atoms with E-state index in [1.807, 2.05) is 0 Å². The topological polar surface area (TPSA) is 92.3 Å². The third-order valence-electron chi connectivity index (χ3n) is 3.60. The van der Waals surface area contributed by atoms with Gasteiger partial charge in [0, 0.05) is 4.90 Å². The average Bonchev–Trinajstić information content (AvgIpc) is 2.65. The predicted octanol–water partition coefficient (Wildman–Crippen LogP) is 3.58. The molecule has 0 atom stereocenters. The molecule has 0 heterocycles. The number of anilines is 2. The molecule has 3 aromatic carbocycles. The molecule has 0 saturated carbocycles. The Morgan fingerprint density at radius 2 is 1.11 bits per heavy atom. The lowest BCUT2D eigenvalue weighted by Crippen LogP contribution is -2.14. The maximum atomic E-state index is 12.4. The Hall–Kier alpha value is -2.49. The van der Waals surface area contributed by atoms with Gasteiger partial charge in [-0.3, -0.25) is 9.44 Å². The highest BCUT2D eigenvalue weighted by Crippen LogP contribution is 2.27. The van der Waals surface area contributed by atoms with Gasteiger partial charge in [-0.15, -0.1) is 12.6 Å². The molecule has 140 valence electrons. The van der Waals surface area contributed by atoms with Crippen LogP contribution < -0.4 is 9.44 Å². The summed E-state index contributed by atoms with van der Waals surface area (Å²) in [6, 6.07) is 20.2. The summed E-state index contributed by atoms with van der Waals surface area (Å²) in [5, 5.41) is 0. The van der Waals surface area contributed by atoms with E-state index in [2.05, 4.69) is 22.1 Å². The zero-order valence-corrected chi connectivity index (χ0v) is 16.4. The van der Waals surface area contributed by atoms with E-state index in [-0.39, 0.29) is 26.1 Å². The second-order valence-corrected chi connectivity index (χ2v) is 9.42. The zero-order valence-electron chi connectivity index (χ0n) is 13.9. The lowest BCUT2D eigenvalue weighted by atomic mass is 10.3. The van der Waals surface area contributed by atoms with Crippen molar-refractivity contribution in [3.05, 3.63) is 78.9 Å². The molecule has 0 aliphatic heterocycles. The van der Waals surface area contributed by atoms with Crippen LogP contribution in [-0.2, 0) is 20.0 Å². The van der Waals surface area contributed by atoms with E-state index in [1.165, 1.54) is 42.5 Å². The van der Waals surface area contributed by atoms with Crippen LogP contribution in [0.15, 0.2) is 93.5 Å². The fraction of sp³-hybridized carbons (Fsp3) is 0. The van der Waals surface area contributed by atoms with Crippen molar-refractivity contribution in [1.82, 2.24) is 0 Å². The minimum Gasteiger partial charge on any atom is -0.280 e. The normalized spacial score (nSPS) is 11.7. The van der Waals surface area contributed by atoms with Crippen LogP contribution in [-0.4, -0.2) is 16.8 Å². The molecular formula is C18H16N2O4S3. The third kappa shape index (κ3) is 4.62. The first kappa shape index (κ1) is 19.3. The number of thiol groups is 1. The fourth-order valence-electron chi connectivity index (χ4n) is 2.30. The summed E-state index contributed by atoms with van der Waals surface area (Å²) in [6.45, 7) is 0. The van der Waals surface area contributed by atoms with E-state index in [4.69, 9.17) is 0 Å². The number of hydrogen-bond acceptors (Lipinski definition) is 5. The highest BCUT2D eigenvalue weighted by molar-refractivity contribution is 7.93. The van der Waals surface area contributed by atoms with Crippen molar-refractivity contribution in [2.75, 3.05) is 9.44 Å². The molecule has 0 bridgehead atoms. The highest BCUT2D eigenvalue weighted by Gasteiger charge is 2.17. The minimum absolute atomic E-state index is 0.117. The van der Waals surface area contributed by atoms with E-state index >= 15 is 0 Å². The van der Waals surface area contributed by atoms with E-state index < -0.39 is 20.0 Å². The van der Waals surface area contributed by atoms with Gasteiger partial charge in [-0.05, 0) is 42.5 Å². The van der Waals surface area contributed by atoms with Crippen LogP contribution in [0.2, 0.25) is 0 Å². The molecule has 0 aliphatic rings. The molecule has 9 heteroatoms. The molecule has 0 aliphatic carbocycles. The molecule has 0 amide bonds. The van der Waals surface area contributed by atoms with Crippen molar-refractivity contribution in [2.45, 2.75) is 14.7 Å². The maximum Gasteiger partial charge on any atom is 0.261 e. The number of benzene rings is 3. The quantitative estimate of drug-likeness (QED) is 0.532. The Bertz CT molecular complexity index is 1150. The Morgan fingerprint density at radius 3 is 1.59 bits per heavy atom. The standard InChI is InChI=1S/C18H16N2O4S3/c21-26(22,15-7-3-1-4-8-15)19-14-11-12-17(18(25)13-14)20-27(23,24)16-9-5-2-6-10-16/h1-13,19-20,25H. The predicted molar refractivity (Wildman–Crippen MR) is 108 cm³/mol. The molecule has 0 saturated heterocycles. The lowest BCUT2D eigenvalue weighted by molar-refractivity contribution is 0.599. The van der Waals surface area contributed by atoms with E-state index in [9.17, 15) is 16.8 Å². The highest BCUT2D eigenvalue weighted by atomic mass is 32.2. The molecule has 2 N–H and O–H groups in total. The molecule has 3 rings (SSSR count). The van der Waals surface area contributed by atoms with Crippen molar-refractivity contribution in [3.63, 3.8) is 0 Å². The number of hydrogen-bond donors (Lipinski definition) is 3. The van der Waals surface area contributed by atoms with Gasteiger partial charge in [-0.2, -0.15) is 0 Å². The second kappa shape index (κ2) is 7.63. The van der Waals surface area contributed by atoms with Crippen LogP contribution >= 0.6 is 12.6 Å². The van der Waals surface area contributed by atoms with Gasteiger partial charge in [0.2, 0.25) is 0 Å². The maximum absolute atomic E-state index is 12.4. The molecule has 0 radical (unpaired) electrons. The summed E-state index contributed by atoms with van der Waals surface area (Å²) in [5.74, 6) is 0. The number of rotatable bonds is 6. The Kier molecular flexibility index (Phi) is 5.45. The molecule has 0 unspecified atom stereocenters. The molecule has 0 fully saturated rings. The average molecular weight is 421 g/mol. The van der Waals surface area contributed by atoms with Crippen molar-refractivity contribution in [1.29, 1.82) is 0 Å². The smallest absolute Gasteiger partial charge is 0.261 e. The summed E-state index contributed by atoms with van der Waals surface area (Å²) >= 11 is 4.27. The first-order valence-corrected chi connectivity index (χ1v) is 11.2. The molecule has 27 heavy (non-hydrogen) atoms. The van der Waals surface area contributed by atoms with E-state index in [0.29, 0.717) is 0 Å². The molecule has 0 spiro atoms. The molecule has 6 nitrogen and oxygen atoms in total. The summed E-state index contributed by atoms with van der Waals surface area (Å²) in [7, 11) is -7.51. The van der Waals surface area contributed by atoms with Crippen LogP contribution in [0.25, 0.3) is 0 Å². The van der Waals surface area contributed by atoms with Crippen LogP contribution in [0, 0.1) is 0 Å². The molecule has 3 aromatic rings. The summed E-state index contributed by atoms with van der Waals surface area (Å²) in [5.41, 5.74) is 0.511. The summed E-state index contributed by atoms with van der Waals surface area (Å²) in [4.78, 5) is 0.522. The Morgan fingerprint density at radius 1 is 0.630 bits per heavy atom. The Labute approximate surface area is 163 Å². The fourth-order valence-corrected chi connectivity index (χ4v) is 4.82. The van der Waals surface area contributed by atoms with Gasteiger partial charge < -0.3 is 0 Å². The molecular weight excluding hydrogens is 404 g/mol. The number of nitrogens with one attached hydrogen (secondary N) is 2. The van der Waals surface area contributed by atoms with Gasteiger partial charge in [0.1, 0.15) is 0 Å². The third-order valence-corrected chi connectivity index (χ3v) is 6.75. The van der Waals surface area contributed by atoms with Crippen LogP contribution in [0.3, 0.4) is 0 Å². The van der Waals surface area contributed by atoms with Crippen molar-refractivity contribution >= 4 is 44.1 Å². The van der Waals surface area contributed by atoms with Gasteiger partial charge >= 0.3 is 0 Å². The summed E-state index contributed by atoms with van der Waals surface area (Å²) < 4.78 is 54.4. The monoisotopic (exact) mass is 420 g/mol. The Balaban J connectivity index is 1.82. The van der Waals surface area contributed by atoms with Gasteiger partial charge in [-0.25, -0.2) is 16.8 Å². The van der Waals surface area contributed by atoms with Crippen molar-refractivity contribution in [2.24, 2.45) is 0 Å². The van der Waals surface area contributed by atoms with Crippen LogP contribution in [0.5, 0.6) is 0 Å². The first-order valence-electron chi connectivity index (χ1n) is 7.77. The minimum atomic E-state index is -3.76. The largest absolute Gasteiger partial charge is 0.280 e. The van der Waals surface area contributed by atoms with Crippen molar-refractivity contribution in [3.8, 4) is 0 Å². The SMILES string of the molecule is O=S(=O)(Nc1ccc(NS(=O)(=O)c2ccccc2)c(S)c1)c1ccccc1. The van der Waals surface area contributed by atoms with Crippen LogP contribution in [0.4, 0.5) is 11.4 Å². The van der Waals surface area contributed by atoms with Gasteiger partial charge in [0.25, 0.3) is 20.0 Å². The van der Waals surface area contributed by atoms with Crippen molar-refractivity contribution < 1.29 is 16.8 Å².